The average molecular weight is 337 g/mol. The summed E-state index contributed by atoms with van der Waals surface area (Å²) < 4.78 is 0. The van der Waals surface area contributed by atoms with Crippen molar-refractivity contribution in [2.24, 2.45) is 0 Å². The van der Waals surface area contributed by atoms with Gasteiger partial charge in [0.15, 0.2) is 0 Å². The maximum absolute atomic E-state index is 12.2. The van der Waals surface area contributed by atoms with Gasteiger partial charge in [0.2, 0.25) is 0 Å². The van der Waals surface area contributed by atoms with E-state index in [1.807, 2.05) is 0 Å². The van der Waals surface area contributed by atoms with Crippen LogP contribution in [0.25, 0.3) is 0 Å². The first kappa shape index (κ1) is 16.7. The molecule has 3 rings (SSSR count). The van der Waals surface area contributed by atoms with Gasteiger partial charge in [-0.25, -0.2) is 4.79 Å². The van der Waals surface area contributed by atoms with Crippen molar-refractivity contribution < 1.29 is 9.90 Å². The number of rotatable bonds is 5. The molecular weight excluding hydrogens is 310 g/mol. The molecule has 1 aromatic heterocycles. The summed E-state index contributed by atoms with van der Waals surface area (Å²) in [6, 6.07) is 4.65. The van der Waals surface area contributed by atoms with Crippen molar-refractivity contribution in [2.45, 2.75) is 56.7 Å². The Balaban J connectivity index is 1.49. The summed E-state index contributed by atoms with van der Waals surface area (Å²) in [7, 11) is 0. The number of carbonyl (C=O) groups is 1. The Kier molecular flexibility index (Phi) is 5.91. The third-order valence-corrected chi connectivity index (χ3v) is 5.91. The van der Waals surface area contributed by atoms with Crippen molar-refractivity contribution in [2.75, 3.05) is 19.6 Å². The van der Waals surface area contributed by atoms with Crippen LogP contribution < -0.4 is 10.6 Å². The molecule has 23 heavy (non-hydrogen) atoms. The quantitative estimate of drug-likeness (QED) is 0.773. The number of aliphatic hydroxyl groups excluding tert-OH is 1. The Hall–Kier alpha value is -1.11. The molecule has 2 aliphatic rings. The predicted octanol–water partition coefficient (Wildman–Crippen LogP) is 2.49. The zero-order valence-corrected chi connectivity index (χ0v) is 14.4. The molecule has 2 heterocycles. The number of aliphatic hydroxyl groups is 1. The lowest BCUT2D eigenvalue weighted by Crippen LogP contribution is -2.46. The van der Waals surface area contributed by atoms with Crippen molar-refractivity contribution >= 4 is 17.4 Å². The summed E-state index contributed by atoms with van der Waals surface area (Å²) in [5, 5.41) is 17.7. The fourth-order valence-electron chi connectivity index (χ4n) is 3.59. The van der Waals surface area contributed by atoms with Crippen molar-refractivity contribution in [3.8, 4) is 0 Å². The number of nitrogens with one attached hydrogen (secondary N) is 2. The molecule has 2 fully saturated rings. The first-order valence-electron chi connectivity index (χ1n) is 8.72. The van der Waals surface area contributed by atoms with Gasteiger partial charge in [-0.05, 0) is 63.1 Å². The second-order valence-corrected chi connectivity index (χ2v) is 7.61. The Morgan fingerprint density at radius 3 is 2.70 bits per heavy atom. The SMILES string of the molecule is O=C(NC[C@@H](c1cccs1)N1CCCC1)NC1CCC(O)CC1. The zero-order chi connectivity index (χ0) is 16.1. The van der Waals surface area contributed by atoms with Gasteiger partial charge in [-0.15, -0.1) is 11.3 Å². The summed E-state index contributed by atoms with van der Waals surface area (Å²) in [6.45, 7) is 2.89. The van der Waals surface area contributed by atoms with Crippen LogP contribution in [0.5, 0.6) is 0 Å². The molecule has 2 amide bonds. The van der Waals surface area contributed by atoms with E-state index in [1.165, 1.54) is 17.7 Å². The third-order valence-electron chi connectivity index (χ3n) is 4.94. The summed E-state index contributed by atoms with van der Waals surface area (Å²) in [5.41, 5.74) is 0. The number of nitrogens with zero attached hydrogens (tertiary/aromatic N) is 1. The van der Waals surface area contributed by atoms with Gasteiger partial charge in [-0.1, -0.05) is 6.07 Å². The summed E-state index contributed by atoms with van der Waals surface area (Å²) >= 11 is 1.76. The lowest BCUT2D eigenvalue weighted by Gasteiger charge is -2.29. The van der Waals surface area contributed by atoms with Crippen LogP contribution in [0.1, 0.15) is 49.4 Å². The summed E-state index contributed by atoms with van der Waals surface area (Å²) in [4.78, 5) is 16.0. The largest absolute Gasteiger partial charge is 0.393 e. The molecule has 0 unspecified atom stereocenters. The monoisotopic (exact) mass is 337 g/mol. The predicted molar refractivity (Wildman–Crippen MR) is 92.7 cm³/mol. The van der Waals surface area contributed by atoms with Gasteiger partial charge < -0.3 is 15.7 Å². The van der Waals surface area contributed by atoms with E-state index in [2.05, 4.69) is 33.0 Å². The van der Waals surface area contributed by atoms with Crippen LogP contribution >= 0.6 is 11.3 Å². The molecule has 1 aromatic rings. The highest BCUT2D eigenvalue weighted by atomic mass is 32.1. The van der Waals surface area contributed by atoms with E-state index >= 15 is 0 Å². The fourth-order valence-corrected chi connectivity index (χ4v) is 4.45. The molecule has 1 atom stereocenters. The average Bonchev–Trinajstić information content (AvgIpc) is 3.24. The zero-order valence-electron chi connectivity index (χ0n) is 13.5. The van der Waals surface area contributed by atoms with Crippen LogP contribution in [0.3, 0.4) is 0 Å². The van der Waals surface area contributed by atoms with E-state index < -0.39 is 0 Å². The number of likely N-dealkylation sites (tertiary alicyclic amines) is 1. The molecule has 1 saturated carbocycles. The Morgan fingerprint density at radius 2 is 2.04 bits per heavy atom. The van der Waals surface area contributed by atoms with Crippen molar-refractivity contribution in [1.82, 2.24) is 15.5 Å². The molecule has 3 N–H and O–H groups in total. The second kappa shape index (κ2) is 8.13. The van der Waals surface area contributed by atoms with Crippen LogP contribution in [0.2, 0.25) is 0 Å². The number of urea groups is 1. The van der Waals surface area contributed by atoms with E-state index in [-0.39, 0.29) is 24.2 Å². The highest BCUT2D eigenvalue weighted by molar-refractivity contribution is 7.10. The van der Waals surface area contributed by atoms with Gasteiger partial charge in [-0.3, -0.25) is 4.90 Å². The molecule has 0 aromatic carbocycles. The van der Waals surface area contributed by atoms with Gasteiger partial charge in [0, 0.05) is 17.5 Å². The van der Waals surface area contributed by atoms with Gasteiger partial charge >= 0.3 is 6.03 Å². The molecule has 6 heteroatoms. The highest BCUT2D eigenvalue weighted by Gasteiger charge is 2.25. The molecule has 1 aliphatic heterocycles. The highest BCUT2D eigenvalue weighted by Crippen LogP contribution is 2.27. The van der Waals surface area contributed by atoms with Gasteiger partial charge in [0.05, 0.1) is 12.1 Å². The van der Waals surface area contributed by atoms with E-state index in [9.17, 15) is 9.90 Å². The lowest BCUT2D eigenvalue weighted by molar-refractivity contribution is 0.117. The molecule has 1 aliphatic carbocycles. The standard InChI is InChI=1S/C17H27N3O2S/c21-14-7-5-13(6-8-14)19-17(22)18-12-15(16-4-3-11-23-16)20-9-1-2-10-20/h3-4,11,13-15,21H,1-2,5-10,12H2,(H2,18,19,22)/t13?,14?,15-/m0/s1. The van der Waals surface area contributed by atoms with Crippen molar-refractivity contribution in [3.05, 3.63) is 22.4 Å². The smallest absolute Gasteiger partial charge is 0.315 e. The Morgan fingerprint density at radius 1 is 1.30 bits per heavy atom. The number of thiophene rings is 1. The molecule has 0 radical (unpaired) electrons. The Bertz CT molecular complexity index is 480. The number of hydrogen-bond donors (Lipinski definition) is 3. The van der Waals surface area contributed by atoms with Crippen LogP contribution in [-0.2, 0) is 0 Å². The summed E-state index contributed by atoms with van der Waals surface area (Å²) in [6.07, 6.45) is 5.63. The molecule has 0 spiro atoms. The van der Waals surface area contributed by atoms with E-state index in [0.717, 1.165) is 38.8 Å². The minimum absolute atomic E-state index is 0.0767. The molecule has 128 valence electrons. The molecule has 0 bridgehead atoms. The molecule has 5 nitrogen and oxygen atoms in total. The minimum atomic E-state index is -0.186. The molecule has 1 saturated heterocycles. The van der Waals surface area contributed by atoms with Crippen LogP contribution in [0.15, 0.2) is 17.5 Å². The Labute approximate surface area is 142 Å². The number of hydrogen-bond acceptors (Lipinski definition) is 4. The summed E-state index contributed by atoms with van der Waals surface area (Å²) in [5.74, 6) is 0. The lowest BCUT2D eigenvalue weighted by atomic mass is 9.93. The van der Waals surface area contributed by atoms with E-state index in [0.29, 0.717) is 6.54 Å². The fraction of sp³-hybridized carbons (Fsp3) is 0.706. The third kappa shape index (κ3) is 4.68. The van der Waals surface area contributed by atoms with Gasteiger partial charge in [-0.2, -0.15) is 0 Å². The maximum Gasteiger partial charge on any atom is 0.315 e. The topological polar surface area (TPSA) is 64.6 Å². The normalized spacial score (nSPS) is 26.8. The van der Waals surface area contributed by atoms with Crippen LogP contribution in [0.4, 0.5) is 4.79 Å². The van der Waals surface area contributed by atoms with E-state index in [4.69, 9.17) is 0 Å². The number of amides is 2. The van der Waals surface area contributed by atoms with Crippen molar-refractivity contribution in [1.29, 1.82) is 0 Å². The maximum atomic E-state index is 12.2. The molecular formula is C17H27N3O2S. The van der Waals surface area contributed by atoms with Gasteiger partial charge in [0.1, 0.15) is 0 Å². The second-order valence-electron chi connectivity index (χ2n) is 6.63. The van der Waals surface area contributed by atoms with Crippen molar-refractivity contribution in [3.63, 3.8) is 0 Å². The first-order chi connectivity index (χ1) is 11.2. The van der Waals surface area contributed by atoms with Crippen LogP contribution in [-0.4, -0.2) is 47.8 Å². The first-order valence-corrected chi connectivity index (χ1v) is 9.60. The van der Waals surface area contributed by atoms with Crippen LogP contribution in [0, 0.1) is 0 Å². The van der Waals surface area contributed by atoms with E-state index in [1.54, 1.807) is 11.3 Å². The number of carbonyl (C=O) groups excluding carboxylic acids is 1. The minimum Gasteiger partial charge on any atom is -0.393 e. The van der Waals surface area contributed by atoms with Gasteiger partial charge in [0.25, 0.3) is 0 Å².